The number of aliphatic imine (C=N–C) groups is 1. The Morgan fingerprint density at radius 2 is 2.16 bits per heavy atom. The molecule has 0 saturated carbocycles. The minimum Gasteiger partial charge on any atom is -0.351 e. The summed E-state index contributed by atoms with van der Waals surface area (Å²) in [5, 5.41) is 13.6. The lowest BCUT2D eigenvalue weighted by atomic mass is 10.4. The summed E-state index contributed by atoms with van der Waals surface area (Å²) < 4.78 is 1.83. The number of thiazole rings is 1. The molecule has 0 aliphatic rings. The maximum absolute atomic E-state index is 4.21. The van der Waals surface area contributed by atoms with Gasteiger partial charge in [0, 0.05) is 31.9 Å². The Labute approximate surface area is 133 Å². The summed E-state index contributed by atoms with van der Waals surface area (Å²) >= 11 is 1.62. The highest BCUT2D eigenvalue weighted by Gasteiger charge is 2.02. The average Bonchev–Trinajstić information content (AvgIpc) is 3.01. The van der Waals surface area contributed by atoms with E-state index in [4.69, 9.17) is 0 Å². The van der Waals surface area contributed by atoms with Crippen molar-refractivity contribution in [2.24, 2.45) is 12.0 Å². The van der Waals surface area contributed by atoms with Crippen LogP contribution < -0.4 is 10.6 Å². The molecule has 0 unspecified atom stereocenters. The standard InChI is InChI=1S/C11H16N6S.HI/c1-12-11(15-8-10-13-5-6-18-10)14-7-9-3-4-16-17(9)2;/h3-6H,7-8H2,1-2H3,(H2,12,14,15);1H. The van der Waals surface area contributed by atoms with E-state index in [1.807, 2.05) is 23.2 Å². The van der Waals surface area contributed by atoms with Gasteiger partial charge in [0.2, 0.25) is 0 Å². The third-order valence-electron chi connectivity index (χ3n) is 2.47. The van der Waals surface area contributed by atoms with Crippen LogP contribution in [0.3, 0.4) is 0 Å². The van der Waals surface area contributed by atoms with Crippen LogP contribution >= 0.6 is 35.3 Å². The summed E-state index contributed by atoms with van der Waals surface area (Å²) in [6, 6.07) is 1.97. The van der Waals surface area contributed by atoms with Gasteiger partial charge in [-0.3, -0.25) is 9.67 Å². The van der Waals surface area contributed by atoms with E-state index in [-0.39, 0.29) is 24.0 Å². The fourth-order valence-corrected chi connectivity index (χ4v) is 2.03. The topological polar surface area (TPSA) is 67.1 Å². The molecule has 0 fully saturated rings. The summed E-state index contributed by atoms with van der Waals surface area (Å²) in [6.45, 7) is 1.37. The van der Waals surface area contributed by atoms with Crippen molar-refractivity contribution < 1.29 is 0 Å². The molecular formula is C11H17IN6S. The Bertz CT molecular complexity index is 507. The van der Waals surface area contributed by atoms with Crippen molar-refractivity contribution in [3.63, 3.8) is 0 Å². The molecule has 0 aliphatic carbocycles. The maximum atomic E-state index is 4.21. The predicted molar refractivity (Wildman–Crippen MR) is 87.8 cm³/mol. The molecule has 0 aromatic carbocycles. The van der Waals surface area contributed by atoms with Crippen LogP contribution in [-0.4, -0.2) is 27.8 Å². The number of nitrogens with one attached hydrogen (secondary N) is 2. The van der Waals surface area contributed by atoms with Gasteiger partial charge in [-0.05, 0) is 6.07 Å². The Kier molecular flexibility index (Phi) is 6.78. The minimum atomic E-state index is 0. The highest BCUT2D eigenvalue weighted by Crippen LogP contribution is 2.02. The molecule has 19 heavy (non-hydrogen) atoms. The number of aromatic nitrogens is 3. The zero-order valence-corrected chi connectivity index (χ0v) is 14.0. The van der Waals surface area contributed by atoms with Crippen LogP contribution in [0.5, 0.6) is 0 Å². The normalized spacial score (nSPS) is 10.9. The van der Waals surface area contributed by atoms with Crippen molar-refractivity contribution in [2.75, 3.05) is 7.05 Å². The van der Waals surface area contributed by atoms with Crippen molar-refractivity contribution in [1.29, 1.82) is 0 Å². The predicted octanol–water partition coefficient (Wildman–Crippen LogP) is 1.36. The first-order chi connectivity index (χ1) is 8.79. The molecule has 104 valence electrons. The number of hydrogen-bond acceptors (Lipinski definition) is 4. The number of nitrogens with zero attached hydrogens (tertiary/aromatic N) is 4. The minimum absolute atomic E-state index is 0. The van der Waals surface area contributed by atoms with Crippen molar-refractivity contribution in [3.8, 4) is 0 Å². The van der Waals surface area contributed by atoms with E-state index in [2.05, 4.69) is 25.7 Å². The lowest BCUT2D eigenvalue weighted by Gasteiger charge is -2.10. The smallest absolute Gasteiger partial charge is 0.191 e. The van der Waals surface area contributed by atoms with Crippen molar-refractivity contribution in [3.05, 3.63) is 34.5 Å². The monoisotopic (exact) mass is 392 g/mol. The molecule has 2 heterocycles. The first-order valence-corrected chi connectivity index (χ1v) is 6.47. The molecule has 0 radical (unpaired) electrons. The number of hydrogen-bond donors (Lipinski definition) is 2. The molecule has 2 N–H and O–H groups in total. The van der Waals surface area contributed by atoms with E-state index in [9.17, 15) is 0 Å². The summed E-state index contributed by atoms with van der Waals surface area (Å²) in [5.74, 6) is 0.756. The van der Waals surface area contributed by atoms with Crippen LogP contribution in [0.2, 0.25) is 0 Å². The summed E-state index contributed by atoms with van der Waals surface area (Å²) in [5.41, 5.74) is 1.10. The summed E-state index contributed by atoms with van der Waals surface area (Å²) in [7, 11) is 3.67. The highest BCUT2D eigenvalue weighted by atomic mass is 127. The van der Waals surface area contributed by atoms with Crippen molar-refractivity contribution in [2.45, 2.75) is 13.1 Å². The van der Waals surface area contributed by atoms with Gasteiger partial charge in [0.05, 0.1) is 18.8 Å². The summed E-state index contributed by atoms with van der Waals surface area (Å²) in [4.78, 5) is 8.36. The second-order valence-corrected chi connectivity index (χ2v) is 4.63. The Balaban J connectivity index is 0.00000180. The zero-order valence-electron chi connectivity index (χ0n) is 10.8. The van der Waals surface area contributed by atoms with Gasteiger partial charge in [-0.15, -0.1) is 35.3 Å². The van der Waals surface area contributed by atoms with Gasteiger partial charge < -0.3 is 10.6 Å². The Hall–Kier alpha value is -1.16. The van der Waals surface area contributed by atoms with E-state index < -0.39 is 0 Å². The third-order valence-corrected chi connectivity index (χ3v) is 3.25. The molecular weight excluding hydrogens is 375 g/mol. The molecule has 0 atom stereocenters. The quantitative estimate of drug-likeness (QED) is 0.469. The van der Waals surface area contributed by atoms with Gasteiger partial charge in [0.1, 0.15) is 5.01 Å². The molecule has 0 saturated heterocycles. The van der Waals surface area contributed by atoms with Gasteiger partial charge in [-0.2, -0.15) is 5.10 Å². The van der Waals surface area contributed by atoms with Gasteiger partial charge in [-0.1, -0.05) is 0 Å². The van der Waals surface area contributed by atoms with E-state index in [1.165, 1.54) is 0 Å². The Morgan fingerprint density at radius 1 is 1.37 bits per heavy atom. The molecule has 2 aromatic heterocycles. The largest absolute Gasteiger partial charge is 0.351 e. The zero-order chi connectivity index (χ0) is 12.8. The second-order valence-electron chi connectivity index (χ2n) is 3.65. The van der Waals surface area contributed by atoms with E-state index in [0.29, 0.717) is 13.1 Å². The average molecular weight is 392 g/mol. The van der Waals surface area contributed by atoms with Crippen LogP contribution in [0, 0.1) is 0 Å². The number of guanidine groups is 1. The first kappa shape index (κ1) is 15.9. The first-order valence-electron chi connectivity index (χ1n) is 5.59. The number of halogens is 1. The lowest BCUT2D eigenvalue weighted by molar-refractivity contribution is 0.684. The Morgan fingerprint density at radius 3 is 2.74 bits per heavy atom. The van der Waals surface area contributed by atoms with Gasteiger partial charge in [0.15, 0.2) is 5.96 Å². The van der Waals surface area contributed by atoms with Gasteiger partial charge in [0.25, 0.3) is 0 Å². The lowest BCUT2D eigenvalue weighted by Crippen LogP contribution is -2.36. The third kappa shape index (κ3) is 4.78. The molecule has 0 amide bonds. The summed E-state index contributed by atoms with van der Waals surface area (Å²) in [6.07, 6.45) is 3.58. The second kappa shape index (κ2) is 8.10. The van der Waals surface area contributed by atoms with Crippen LogP contribution in [0.4, 0.5) is 0 Å². The fraction of sp³-hybridized carbons (Fsp3) is 0.364. The van der Waals surface area contributed by atoms with Crippen LogP contribution in [0.25, 0.3) is 0 Å². The number of rotatable bonds is 4. The van der Waals surface area contributed by atoms with Gasteiger partial charge >= 0.3 is 0 Å². The maximum Gasteiger partial charge on any atom is 0.191 e. The van der Waals surface area contributed by atoms with Crippen LogP contribution in [0.15, 0.2) is 28.8 Å². The van der Waals surface area contributed by atoms with Crippen molar-refractivity contribution in [1.82, 2.24) is 25.4 Å². The fourth-order valence-electron chi connectivity index (χ4n) is 1.47. The highest BCUT2D eigenvalue weighted by molar-refractivity contribution is 14.0. The van der Waals surface area contributed by atoms with Crippen LogP contribution in [0.1, 0.15) is 10.7 Å². The van der Waals surface area contributed by atoms with Crippen molar-refractivity contribution >= 4 is 41.3 Å². The molecule has 6 nitrogen and oxygen atoms in total. The SMILES string of the molecule is CN=C(NCc1nccs1)NCc1ccnn1C.I. The molecule has 0 spiro atoms. The van der Waals surface area contributed by atoms with E-state index in [1.54, 1.807) is 30.8 Å². The molecule has 2 rings (SSSR count). The molecule has 0 bridgehead atoms. The van der Waals surface area contributed by atoms with E-state index in [0.717, 1.165) is 16.7 Å². The number of aryl methyl sites for hydroxylation is 1. The van der Waals surface area contributed by atoms with E-state index >= 15 is 0 Å². The molecule has 2 aromatic rings. The van der Waals surface area contributed by atoms with Crippen LogP contribution in [-0.2, 0) is 20.1 Å². The van der Waals surface area contributed by atoms with Gasteiger partial charge in [-0.25, -0.2) is 4.98 Å². The molecule has 0 aliphatic heterocycles. The molecule has 8 heteroatoms.